The predicted octanol–water partition coefficient (Wildman–Crippen LogP) is 2.28. The van der Waals surface area contributed by atoms with Gasteiger partial charge in [-0.05, 0) is 25.0 Å². The first-order chi connectivity index (χ1) is 8.83. The predicted molar refractivity (Wildman–Crippen MR) is 72.6 cm³/mol. The van der Waals surface area contributed by atoms with Crippen LogP contribution in [-0.2, 0) is 4.79 Å². The van der Waals surface area contributed by atoms with Gasteiger partial charge in [-0.15, -0.1) is 0 Å². The minimum Gasteiger partial charge on any atom is -0.342 e. The summed E-state index contributed by atoms with van der Waals surface area (Å²) < 4.78 is 0. The molecule has 1 N–H and O–H groups in total. The van der Waals surface area contributed by atoms with Gasteiger partial charge >= 0.3 is 0 Å². The first-order valence-electron chi connectivity index (χ1n) is 6.18. The van der Waals surface area contributed by atoms with E-state index in [-0.39, 0.29) is 5.91 Å². The molecule has 1 aromatic heterocycles. The number of imidazole rings is 1. The number of fused-ring (bicyclic) bond motifs is 1. The van der Waals surface area contributed by atoms with Gasteiger partial charge in [0, 0.05) is 13.1 Å². The molecule has 1 aromatic carbocycles. The number of H-pyrrole nitrogens is 1. The van der Waals surface area contributed by atoms with E-state index in [2.05, 4.69) is 9.97 Å². The lowest BCUT2D eigenvalue weighted by Crippen LogP contribution is -2.29. The zero-order chi connectivity index (χ0) is 12.4. The second kappa shape index (κ2) is 5.02. The standard InChI is InChI=1S/C13H15N3OS/c17-12(16-7-3-4-8-16)9-18-13-14-10-5-1-2-6-11(10)15-13/h1-2,5-6H,3-4,7-9H2,(H,14,15). The summed E-state index contributed by atoms with van der Waals surface area (Å²) in [7, 11) is 0. The Morgan fingerprint density at radius 2 is 2.11 bits per heavy atom. The van der Waals surface area contributed by atoms with Crippen molar-refractivity contribution < 1.29 is 4.79 Å². The van der Waals surface area contributed by atoms with Gasteiger partial charge in [-0.2, -0.15) is 0 Å². The smallest absolute Gasteiger partial charge is 0.233 e. The Labute approximate surface area is 110 Å². The Balaban J connectivity index is 1.63. The number of carbonyl (C=O) groups is 1. The van der Waals surface area contributed by atoms with Crippen LogP contribution >= 0.6 is 11.8 Å². The van der Waals surface area contributed by atoms with Gasteiger partial charge in [0.25, 0.3) is 0 Å². The summed E-state index contributed by atoms with van der Waals surface area (Å²) in [5.41, 5.74) is 1.97. The van der Waals surface area contributed by atoms with Crippen LogP contribution in [0.3, 0.4) is 0 Å². The third-order valence-electron chi connectivity index (χ3n) is 3.16. The fraction of sp³-hybridized carbons (Fsp3) is 0.385. The molecule has 2 heterocycles. The number of carbonyl (C=O) groups excluding carboxylic acids is 1. The number of nitrogens with one attached hydrogen (secondary N) is 1. The van der Waals surface area contributed by atoms with Crippen molar-refractivity contribution in [3.8, 4) is 0 Å². The van der Waals surface area contributed by atoms with E-state index in [9.17, 15) is 4.79 Å². The van der Waals surface area contributed by atoms with Crippen molar-refractivity contribution >= 4 is 28.7 Å². The first-order valence-corrected chi connectivity index (χ1v) is 7.17. The maximum atomic E-state index is 11.9. The number of amides is 1. The summed E-state index contributed by atoms with van der Waals surface area (Å²) >= 11 is 1.48. The Morgan fingerprint density at radius 1 is 1.33 bits per heavy atom. The Morgan fingerprint density at radius 3 is 2.89 bits per heavy atom. The van der Waals surface area contributed by atoms with Crippen LogP contribution in [0.2, 0.25) is 0 Å². The van der Waals surface area contributed by atoms with Gasteiger partial charge in [0.1, 0.15) is 0 Å². The van der Waals surface area contributed by atoms with E-state index < -0.39 is 0 Å². The highest BCUT2D eigenvalue weighted by Gasteiger charge is 2.18. The second-order valence-corrected chi connectivity index (χ2v) is 5.40. The molecule has 1 amide bonds. The molecule has 0 radical (unpaired) electrons. The number of aromatic nitrogens is 2. The molecule has 0 atom stereocenters. The number of thioether (sulfide) groups is 1. The number of benzene rings is 1. The highest BCUT2D eigenvalue weighted by molar-refractivity contribution is 7.99. The summed E-state index contributed by atoms with van der Waals surface area (Å²) in [6, 6.07) is 7.91. The van der Waals surface area contributed by atoms with Gasteiger partial charge < -0.3 is 9.88 Å². The minimum atomic E-state index is 0.220. The molecule has 2 aromatic rings. The lowest BCUT2D eigenvalue weighted by Gasteiger charge is -2.13. The average molecular weight is 261 g/mol. The molecule has 18 heavy (non-hydrogen) atoms. The van der Waals surface area contributed by atoms with Gasteiger partial charge in [0.15, 0.2) is 5.16 Å². The van der Waals surface area contributed by atoms with Crippen molar-refractivity contribution in [3.63, 3.8) is 0 Å². The number of hydrogen-bond donors (Lipinski definition) is 1. The number of aromatic amines is 1. The summed E-state index contributed by atoms with van der Waals surface area (Å²) in [6.45, 7) is 1.83. The molecule has 1 aliphatic rings. The van der Waals surface area contributed by atoms with E-state index in [4.69, 9.17) is 0 Å². The molecule has 0 aliphatic carbocycles. The molecule has 94 valence electrons. The normalized spacial score (nSPS) is 15.4. The monoisotopic (exact) mass is 261 g/mol. The molecule has 1 fully saturated rings. The van der Waals surface area contributed by atoms with Crippen LogP contribution in [0.1, 0.15) is 12.8 Å². The Bertz CT molecular complexity index is 527. The third-order valence-corrected chi connectivity index (χ3v) is 4.02. The maximum absolute atomic E-state index is 11.9. The average Bonchev–Trinajstić information content (AvgIpc) is 3.04. The van der Waals surface area contributed by atoms with Gasteiger partial charge in [-0.1, -0.05) is 23.9 Å². The van der Waals surface area contributed by atoms with Crippen molar-refractivity contribution in [1.82, 2.24) is 14.9 Å². The molecule has 0 saturated carbocycles. The van der Waals surface area contributed by atoms with Crippen LogP contribution in [-0.4, -0.2) is 39.6 Å². The van der Waals surface area contributed by atoms with E-state index in [1.807, 2.05) is 29.2 Å². The molecule has 1 aliphatic heterocycles. The fourth-order valence-electron chi connectivity index (χ4n) is 2.19. The fourth-order valence-corrected chi connectivity index (χ4v) is 2.97. The molecule has 0 spiro atoms. The highest BCUT2D eigenvalue weighted by Crippen LogP contribution is 2.20. The van der Waals surface area contributed by atoms with Gasteiger partial charge in [-0.25, -0.2) is 4.98 Å². The topological polar surface area (TPSA) is 49.0 Å². The summed E-state index contributed by atoms with van der Waals surface area (Å²) in [5.74, 6) is 0.692. The third kappa shape index (κ3) is 2.36. The quantitative estimate of drug-likeness (QED) is 0.862. The zero-order valence-electron chi connectivity index (χ0n) is 10.1. The minimum absolute atomic E-state index is 0.220. The van der Waals surface area contributed by atoms with Crippen molar-refractivity contribution in [1.29, 1.82) is 0 Å². The van der Waals surface area contributed by atoms with E-state index >= 15 is 0 Å². The van der Waals surface area contributed by atoms with E-state index in [0.717, 1.165) is 42.1 Å². The van der Waals surface area contributed by atoms with Crippen LogP contribution in [0.25, 0.3) is 11.0 Å². The number of para-hydroxylation sites is 2. The van der Waals surface area contributed by atoms with Crippen LogP contribution in [0.4, 0.5) is 0 Å². The van der Waals surface area contributed by atoms with Crippen molar-refractivity contribution in [2.75, 3.05) is 18.8 Å². The zero-order valence-corrected chi connectivity index (χ0v) is 10.9. The summed E-state index contributed by atoms with van der Waals surface area (Å²) in [5, 5.41) is 0.823. The summed E-state index contributed by atoms with van der Waals surface area (Å²) in [4.78, 5) is 21.5. The van der Waals surface area contributed by atoms with Gasteiger partial charge in [-0.3, -0.25) is 4.79 Å². The van der Waals surface area contributed by atoms with Crippen LogP contribution in [0, 0.1) is 0 Å². The molecular formula is C13H15N3OS. The molecular weight excluding hydrogens is 246 g/mol. The van der Waals surface area contributed by atoms with E-state index in [1.165, 1.54) is 11.8 Å². The van der Waals surface area contributed by atoms with Crippen molar-refractivity contribution in [2.45, 2.75) is 18.0 Å². The molecule has 3 rings (SSSR count). The molecule has 5 heteroatoms. The second-order valence-electron chi connectivity index (χ2n) is 4.44. The lowest BCUT2D eigenvalue weighted by atomic mass is 10.3. The van der Waals surface area contributed by atoms with Gasteiger partial charge in [0.2, 0.25) is 5.91 Å². The maximum Gasteiger partial charge on any atom is 0.233 e. The molecule has 1 saturated heterocycles. The number of nitrogens with zero attached hydrogens (tertiary/aromatic N) is 2. The largest absolute Gasteiger partial charge is 0.342 e. The van der Waals surface area contributed by atoms with Crippen LogP contribution in [0.5, 0.6) is 0 Å². The van der Waals surface area contributed by atoms with E-state index in [1.54, 1.807) is 0 Å². The van der Waals surface area contributed by atoms with Gasteiger partial charge in [0.05, 0.1) is 16.8 Å². The van der Waals surface area contributed by atoms with Crippen LogP contribution < -0.4 is 0 Å². The molecule has 0 bridgehead atoms. The first kappa shape index (κ1) is 11.6. The van der Waals surface area contributed by atoms with Crippen molar-refractivity contribution in [2.24, 2.45) is 0 Å². The molecule has 4 nitrogen and oxygen atoms in total. The van der Waals surface area contributed by atoms with Crippen LogP contribution in [0.15, 0.2) is 29.4 Å². The highest BCUT2D eigenvalue weighted by atomic mass is 32.2. The SMILES string of the molecule is O=C(CSc1nc2ccccc2[nH]1)N1CCCC1. The molecule has 0 unspecified atom stereocenters. The number of likely N-dealkylation sites (tertiary alicyclic amines) is 1. The van der Waals surface area contributed by atoms with E-state index in [0.29, 0.717) is 5.75 Å². The lowest BCUT2D eigenvalue weighted by molar-refractivity contribution is -0.127. The Kier molecular flexibility index (Phi) is 3.23. The Hall–Kier alpha value is -1.49. The number of rotatable bonds is 3. The van der Waals surface area contributed by atoms with Crippen molar-refractivity contribution in [3.05, 3.63) is 24.3 Å². The summed E-state index contributed by atoms with van der Waals surface area (Å²) in [6.07, 6.45) is 2.28. The number of hydrogen-bond acceptors (Lipinski definition) is 3.